The van der Waals surface area contributed by atoms with Crippen LogP contribution in [0.4, 0.5) is 0 Å². The Morgan fingerprint density at radius 2 is 2.23 bits per heavy atom. The van der Waals surface area contributed by atoms with E-state index in [2.05, 4.69) is 10.1 Å². The van der Waals surface area contributed by atoms with Crippen LogP contribution in [0, 0.1) is 0 Å². The van der Waals surface area contributed by atoms with Crippen LogP contribution in [0.3, 0.4) is 0 Å². The Morgan fingerprint density at radius 1 is 1.42 bits per heavy atom. The molecule has 0 aliphatic heterocycles. The van der Waals surface area contributed by atoms with Crippen LogP contribution < -0.4 is 0 Å². The summed E-state index contributed by atoms with van der Waals surface area (Å²) in [7, 11) is 1.58. The van der Waals surface area contributed by atoms with Crippen molar-refractivity contribution in [1.29, 1.82) is 0 Å². The molecule has 2 heterocycles. The van der Waals surface area contributed by atoms with Crippen LogP contribution in [-0.2, 0) is 22.7 Å². The molecule has 0 saturated heterocycles. The van der Waals surface area contributed by atoms with E-state index in [1.807, 2.05) is 25.1 Å². The number of benzene rings is 1. The fourth-order valence-electron chi connectivity index (χ4n) is 2.92. The highest BCUT2D eigenvalue weighted by Crippen LogP contribution is 2.35. The molecule has 0 saturated carbocycles. The van der Waals surface area contributed by atoms with E-state index in [-0.39, 0.29) is 6.61 Å². The van der Waals surface area contributed by atoms with Crippen molar-refractivity contribution < 1.29 is 14.6 Å². The van der Waals surface area contributed by atoms with Gasteiger partial charge in [-0.1, -0.05) is 23.7 Å². The van der Waals surface area contributed by atoms with Gasteiger partial charge in [-0.05, 0) is 30.7 Å². The van der Waals surface area contributed by atoms with Crippen molar-refractivity contribution in [3.63, 3.8) is 0 Å². The third-order valence-electron chi connectivity index (χ3n) is 3.99. The fourth-order valence-corrected chi connectivity index (χ4v) is 3.11. The van der Waals surface area contributed by atoms with Crippen molar-refractivity contribution in [2.24, 2.45) is 0 Å². The summed E-state index contributed by atoms with van der Waals surface area (Å²) in [4.78, 5) is 15.8. The number of carbonyl (C=O) groups is 1. The molecule has 134 valence electrons. The third-order valence-corrected chi connectivity index (χ3v) is 4.22. The molecular formula is C19H18ClN3O3. The molecule has 0 atom stereocenters. The number of carboxylic acids is 1. The van der Waals surface area contributed by atoms with E-state index < -0.39 is 5.97 Å². The Kier molecular flexibility index (Phi) is 5.35. The third kappa shape index (κ3) is 3.47. The smallest absolute Gasteiger partial charge is 0.328 e. The van der Waals surface area contributed by atoms with Crippen molar-refractivity contribution in [1.82, 2.24) is 14.8 Å². The maximum absolute atomic E-state index is 11.1. The average molecular weight is 372 g/mol. The number of halogens is 1. The van der Waals surface area contributed by atoms with Crippen LogP contribution in [0.15, 0.2) is 36.5 Å². The normalized spacial score (nSPS) is 11.5. The minimum absolute atomic E-state index is 0.248. The highest BCUT2D eigenvalue weighted by Gasteiger charge is 2.18. The van der Waals surface area contributed by atoms with Gasteiger partial charge in [0.25, 0.3) is 0 Å². The first-order valence-electron chi connectivity index (χ1n) is 8.09. The van der Waals surface area contributed by atoms with Crippen LogP contribution in [0.2, 0.25) is 5.02 Å². The second-order valence-corrected chi connectivity index (χ2v) is 6.10. The number of rotatable bonds is 6. The molecule has 1 aromatic carbocycles. The fraction of sp³-hybridized carbons (Fsp3) is 0.211. The molecule has 3 aromatic rings. The molecule has 0 radical (unpaired) electrons. The first kappa shape index (κ1) is 18.1. The number of aryl methyl sites for hydroxylation is 1. The van der Waals surface area contributed by atoms with Gasteiger partial charge in [-0.25, -0.2) is 14.5 Å². The number of hydrogen-bond acceptors (Lipinski definition) is 4. The number of carboxylic acid groups (broad SMARTS) is 1. The van der Waals surface area contributed by atoms with E-state index >= 15 is 0 Å². The van der Waals surface area contributed by atoms with E-state index in [0.29, 0.717) is 22.8 Å². The van der Waals surface area contributed by atoms with E-state index in [1.54, 1.807) is 30.1 Å². The summed E-state index contributed by atoms with van der Waals surface area (Å²) in [5, 5.41) is 14.9. The number of nitrogens with zero attached hydrogens (tertiary/aromatic N) is 3. The number of pyridine rings is 1. The van der Waals surface area contributed by atoms with Crippen LogP contribution in [-0.4, -0.2) is 33.0 Å². The van der Waals surface area contributed by atoms with E-state index in [9.17, 15) is 4.79 Å². The summed E-state index contributed by atoms with van der Waals surface area (Å²) in [5.74, 6) is -1.03. The Labute approximate surface area is 155 Å². The van der Waals surface area contributed by atoms with Gasteiger partial charge in [-0.15, -0.1) is 0 Å². The molecule has 1 N–H and O–H groups in total. The Morgan fingerprint density at radius 3 is 2.88 bits per heavy atom. The topological polar surface area (TPSA) is 77.2 Å². The monoisotopic (exact) mass is 371 g/mol. The maximum Gasteiger partial charge on any atom is 0.328 e. The highest BCUT2D eigenvalue weighted by molar-refractivity contribution is 6.31. The molecule has 0 unspecified atom stereocenters. The lowest BCUT2D eigenvalue weighted by Gasteiger charge is -2.14. The zero-order valence-electron chi connectivity index (χ0n) is 14.4. The van der Waals surface area contributed by atoms with Crippen molar-refractivity contribution in [3.05, 3.63) is 52.8 Å². The summed E-state index contributed by atoms with van der Waals surface area (Å²) in [5.41, 5.74) is 3.74. The van der Waals surface area contributed by atoms with Crippen molar-refractivity contribution >= 4 is 34.7 Å². The lowest BCUT2D eigenvalue weighted by atomic mass is 9.95. The SMILES string of the molecule is CCn1ncc2c(-c3cccc(Cl)c3)c(C=CC(=O)O)c(COC)nc21. The zero-order valence-corrected chi connectivity index (χ0v) is 15.2. The van der Waals surface area contributed by atoms with Crippen LogP contribution >= 0.6 is 11.6 Å². The number of fused-ring (bicyclic) bond motifs is 1. The maximum atomic E-state index is 11.1. The summed E-state index contributed by atoms with van der Waals surface area (Å²) in [6.07, 6.45) is 4.39. The molecular weight excluding hydrogens is 354 g/mol. The molecule has 0 aliphatic carbocycles. The molecule has 6 nitrogen and oxygen atoms in total. The summed E-state index contributed by atoms with van der Waals surface area (Å²) < 4.78 is 7.09. The minimum Gasteiger partial charge on any atom is -0.478 e. The molecule has 0 aliphatic rings. The molecule has 26 heavy (non-hydrogen) atoms. The van der Waals surface area contributed by atoms with Gasteiger partial charge in [-0.2, -0.15) is 5.10 Å². The predicted molar refractivity (Wildman–Crippen MR) is 101 cm³/mol. The van der Waals surface area contributed by atoms with Gasteiger partial charge < -0.3 is 9.84 Å². The van der Waals surface area contributed by atoms with Gasteiger partial charge in [-0.3, -0.25) is 0 Å². The standard InChI is InChI=1S/C19H18ClN3O3/c1-3-23-19-15(10-21-23)18(12-5-4-6-13(20)9-12)14(7-8-17(24)25)16(22-19)11-26-2/h4-10H,3,11H2,1-2H3,(H,24,25). The van der Waals surface area contributed by atoms with Gasteiger partial charge in [0.1, 0.15) is 0 Å². The second-order valence-electron chi connectivity index (χ2n) is 5.66. The summed E-state index contributed by atoms with van der Waals surface area (Å²) >= 11 is 6.19. The molecule has 0 spiro atoms. The van der Waals surface area contributed by atoms with Crippen molar-refractivity contribution in [3.8, 4) is 11.1 Å². The van der Waals surface area contributed by atoms with Gasteiger partial charge >= 0.3 is 5.97 Å². The van der Waals surface area contributed by atoms with Gasteiger partial charge in [0.2, 0.25) is 0 Å². The highest BCUT2D eigenvalue weighted by atomic mass is 35.5. The number of methoxy groups -OCH3 is 1. The number of hydrogen-bond donors (Lipinski definition) is 1. The minimum atomic E-state index is -1.03. The first-order valence-corrected chi connectivity index (χ1v) is 8.47. The lowest BCUT2D eigenvalue weighted by Crippen LogP contribution is -2.04. The molecule has 0 amide bonds. The van der Waals surface area contributed by atoms with Gasteiger partial charge in [0, 0.05) is 41.3 Å². The first-order chi connectivity index (χ1) is 12.5. The number of aliphatic carboxylic acids is 1. The molecule has 0 bridgehead atoms. The second kappa shape index (κ2) is 7.68. The number of ether oxygens (including phenoxy) is 1. The quantitative estimate of drug-likeness (QED) is 0.662. The predicted octanol–water partition coefficient (Wildman–Crippen LogP) is 4.02. The van der Waals surface area contributed by atoms with Gasteiger partial charge in [0.15, 0.2) is 5.65 Å². The molecule has 7 heteroatoms. The van der Waals surface area contributed by atoms with Crippen LogP contribution in [0.25, 0.3) is 28.2 Å². The Bertz CT molecular complexity index is 995. The Hall–Kier alpha value is -2.70. The summed E-state index contributed by atoms with van der Waals surface area (Å²) in [6, 6.07) is 7.42. The summed E-state index contributed by atoms with van der Waals surface area (Å²) in [6.45, 7) is 2.90. The lowest BCUT2D eigenvalue weighted by molar-refractivity contribution is -0.131. The molecule has 2 aromatic heterocycles. The van der Waals surface area contributed by atoms with E-state index in [1.165, 1.54) is 0 Å². The van der Waals surface area contributed by atoms with E-state index in [4.69, 9.17) is 21.4 Å². The Balaban J connectivity index is 2.40. The molecule has 0 fully saturated rings. The molecule has 3 rings (SSSR count). The van der Waals surface area contributed by atoms with Gasteiger partial charge in [0.05, 0.1) is 18.5 Å². The van der Waals surface area contributed by atoms with Crippen LogP contribution in [0.5, 0.6) is 0 Å². The number of aromatic nitrogens is 3. The average Bonchev–Trinajstić information content (AvgIpc) is 3.02. The largest absolute Gasteiger partial charge is 0.478 e. The van der Waals surface area contributed by atoms with Crippen molar-refractivity contribution in [2.45, 2.75) is 20.1 Å². The van der Waals surface area contributed by atoms with Crippen molar-refractivity contribution in [2.75, 3.05) is 7.11 Å². The zero-order chi connectivity index (χ0) is 18.7. The van der Waals surface area contributed by atoms with Crippen LogP contribution in [0.1, 0.15) is 18.2 Å². The van der Waals surface area contributed by atoms with E-state index in [0.717, 1.165) is 28.2 Å².